The number of likely N-dealkylation sites (tertiary alicyclic amines) is 1. The zero-order chi connectivity index (χ0) is 16.8. The molecule has 1 aromatic carbocycles. The standard InChI is InChI=1S/C18H21N3O3/c22-17(19-13-18(23)21-9-5-2-6-10-21)12-15-11-16(24-20-15)14-7-3-1-4-8-14/h1,3-4,7-8,11H,2,5-6,9-10,12-13H2,(H,19,22). The third-order valence-corrected chi connectivity index (χ3v) is 4.10. The Kier molecular flexibility index (Phi) is 5.25. The molecule has 0 atom stereocenters. The molecule has 2 amide bonds. The molecular weight excluding hydrogens is 306 g/mol. The molecule has 0 saturated carbocycles. The van der Waals surface area contributed by atoms with Gasteiger partial charge in [0.25, 0.3) is 0 Å². The van der Waals surface area contributed by atoms with Crippen molar-refractivity contribution in [3.63, 3.8) is 0 Å². The average molecular weight is 327 g/mol. The number of hydrogen-bond acceptors (Lipinski definition) is 4. The van der Waals surface area contributed by atoms with E-state index in [-0.39, 0.29) is 24.8 Å². The first-order valence-corrected chi connectivity index (χ1v) is 8.28. The number of benzene rings is 1. The lowest BCUT2D eigenvalue weighted by Crippen LogP contribution is -2.42. The van der Waals surface area contributed by atoms with Crippen molar-refractivity contribution in [3.05, 3.63) is 42.1 Å². The lowest BCUT2D eigenvalue weighted by molar-refractivity contribution is -0.133. The van der Waals surface area contributed by atoms with Gasteiger partial charge >= 0.3 is 0 Å². The molecule has 0 unspecified atom stereocenters. The van der Waals surface area contributed by atoms with E-state index < -0.39 is 0 Å². The fraction of sp³-hybridized carbons (Fsp3) is 0.389. The Morgan fingerprint density at radius 2 is 1.88 bits per heavy atom. The van der Waals surface area contributed by atoms with Gasteiger partial charge in [-0.15, -0.1) is 0 Å². The molecule has 0 bridgehead atoms. The van der Waals surface area contributed by atoms with E-state index in [9.17, 15) is 9.59 Å². The van der Waals surface area contributed by atoms with Crippen LogP contribution in [0, 0.1) is 0 Å². The molecule has 1 N–H and O–H groups in total. The van der Waals surface area contributed by atoms with Gasteiger partial charge in [0.05, 0.1) is 18.7 Å². The first kappa shape index (κ1) is 16.2. The Labute approximate surface area is 140 Å². The summed E-state index contributed by atoms with van der Waals surface area (Å²) < 4.78 is 5.27. The van der Waals surface area contributed by atoms with Crippen molar-refractivity contribution in [2.75, 3.05) is 19.6 Å². The topological polar surface area (TPSA) is 75.4 Å². The minimum absolute atomic E-state index is 0.0202. The number of aromatic nitrogens is 1. The summed E-state index contributed by atoms with van der Waals surface area (Å²) in [7, 11) is 0. The second kappa shape index (κ2) is 7.77. The maximum absolute atomic E-state index is 12.0. The van der Waals surface area contributed by atoms with E-state index in [1.807, 2.05) is 35.2 Å². The molecule has 0 aliphatic carbocycles. The van der Waals surface area contributed by atoms with Gasteiger partial charge in [-0.2, -0.15) is 0 Å². The molecule has 1 aromatic heterocycles. The normalized spacial score (nSPS) is 14.4. The van der Waals surface area contributed by atoms with E-state index in [0.717, 1.165) is 31.5 Å². The highest BCUT2D eigenvalue weighted by Crippen LogP contribution is 2.19. The van der Waals surface area contributed by atoms with Gasteiger partial charge in [-0.3, -0.25) is 9.59 Å². The van der Waals surface area contributed by atoms with Crippen LogP contribution in [0.4, 0.5) is 0 Å². The largest absolute Gasteiger partial charge is 0.356 e. The van der Waals surface area contributed by atoms with Crippen LogP contribution in [0.15, 0.2) is 40.9 Å². The van der Waals surface area contributed by atoms with Crippen LogP contribution >= 0.6 is 0 Å². The van der Waals surface area contributed by atoms with Gasteiger partial charge in [0, 0.05) is 24.7 Å². The number of amides is 2. The van der Waals surface area contributed by atoms with E-state index in [1.54, 1.807) is 6.07 Å². The molecule has 1 fully saturated rings. The molecule has 1 aliphatic rings. The summed E-state index contributed by atoms with van der Waals surface area (Å²) in [5, 5.41) is 6.58. The molecule has 3 rings (SSSR count). The van der Waals surface area contributed by atoms with Gasteiger partial charge in [-0.25, -0.2) is 0 Å². The third-order valence-electron chi connectivity index (χ3n) is 4.10. The second-order valence-corrected chi connectivity index (χ2v) is 5.94. The van der Waals surface area contributed by atoms with E-state index in [2.05, 4.69) is 10.5 Å². The Morgan fingerprint density at radius 1 is 1.12 bits per heavy atom. The van der Waals surface area contributed by atoms with Crippen LogP contribution in [0.1, 0.15) is 25.0 Å². The Balaban J connectivity index is 1.48. The van der Waals surface area contributed by atoms with Crippen molar-refractivity contribution in [1.29, 1.82) is 0 Å². The maximum Gasteiger partial charge on any atom is 0.241 e. The number of rotatable bonds is 5. The van der Waals surface area contributed by atoms with E-state index in [0.29, 0.717) is 11.5 Å². The van der Waals surface area contributed by atoms with Crippen LogP contribution in [0.25, 0.3) is 11.3 Å². The molecule has 6 nitrogen and oxygen atoms in total. The lowest BCUT2D eigenvalue weighted by Gasteiger charge is -2.26. The molecular formula is C18H21N3O3. The molecule has 0 spiro atoms. The van der Waals surface area contributed by atoms with Gasteiger partial charge in [0.1, 0.15) is 0 Å². The molecule has 2 heterocycles. The van der Waals surface area contributed by atoms with E-state index >= 15 is 0 Å². The van der Waals surface area contributed by atoms with Crippen LogP contribution in [0.3, 0.4) is 0 Å². The van der Waals surface area contributed by atoms with Gasteiger partial charge in [0.2, 0.25) is 11.8 Å². The number of carbonyl (C=O) groups is 2. The van der Waals surface area contributed by atoms with Gasteiger partial charge in [0.15, 0.2) is 5.76 Å². The molecule has 126 valence electrons. The molecule has 24 heavy (non-hydrogen) atoms. The van der Waals surface area contributed by atoms with Gasteiger partial charge in [-0.05, 0) is 19.3 Å². The van der Waals surface area contributed by atoms with Crippen LogP contribution in [0.2, 0.25) is 0 Å². The van der Waals surface area contributed by atoms with E-state index in [4.69, 9.17) is 4.52 Å². The van der Waals surface area contributed by atoms with Crippen LogP contribution in [0.5, 0.6) is 0 Å². The monoisotopic (exact) mass is 327 g/mol. The SMILES string of the molecule is O=C(Cc1cc(-c2ccccc2)on1)NCC(=O)N1CCCCC1. The summed E-state index contributed by atoms with van der Waals surface area (Å²) in [5.74, 6) is 0.379. The highest BCUT2D eigenvalue weighted by atomic mass is 16.5. The predicted octanol–water partition coefficient (Wildman–Crippen LogP) is 2.01. The summed E-state index contributed by atoms with van der Waals surface area (Å²) in [6.45, 7) is 1.62. The number of carbonyl (C=O) groups excluding carboxylic acids is 2. The summed E-state index contributed by atoms with van der Waals surface area (Å²) in [6.07, 6.45) is 3.36. The van der Waals surface area contributed by atoms with Gasteiger partial charge in [-0.1, -0.05) is 35.5 Å². The highest BCUT2D eigenvalue weighted by Gasteiger charge is 2.17. The van der Waals surface area contributed by atoms with Crippen LogP contribution < -0.4 is 5.32 Å². The van der Waals surface area contributed by atoms with Crippen LogP contribution in [-0.2, 0) is 16.0 Å². The zero-order valence-electron chi connectivity index (χ0n) is 13.5. The van der Waals surface area contributed by atoms with Crippen molar-refractivity contribution in [2.24, 2.45) is 0 Å². The van der Waals surface area contributed by atoms with E-state index in [1.165, 1.54) is 6.42 Å². The van der Waals surface area contributed by atoms with Crippen molar-refractivity contribution < 1.29 is 14.1 Å². The predicted molar refractivity (Wildman–Crippen MR) is 89.1 cm³/mol. The summed E-state index contributed by atoms with van der Waals surface area (Å²) in [6, 6.07) is 11.3. The second-order valence-electron chi connectivity index (χ2n) is 5.94. The van der Waals surface area contributed by atoms with Crippen molar-refractivity contribution in [3.8, 4) is 11.3 Å². The smallest absolute Gasteiger partial charge is 0.241 e. The number of nitrogens with one attached hydrogen (secondary N) is 1. The fourth-order valence-electron chi connectivity index (χ4n) is 2.79. The summed E-state index contributed by atoms with van der Waals surface area (Å²) >= 11 is 0. The maximum atomic E-state index is 12.0. The third kappa shape index (κ3) is 4.22. The molecule has 1 aliphatic heterocycles. The summed E-state index contributed by atoms with van der Waals surface area (Å²) in [5.41, 5.74) is 1.47. The minimum atomic E-state index is -0.228. The lowest BCUT2D eigenvalue weighted by atomic mass is 10.1. The van der Waals surface area contributed by atoms with Crippen molar-refractivity contribution in [1.82, 2.24) is 15.4 Å². The fourth-order valence-corrected chi connectivity index (χ4v) is 2.79. The van der Waals surface area contributed by atoms with Crippen molar-refractivity contribution >= 4 is 11.8 Å². The quantitative estimate of drug-likeness (QED) is 0.911. The first-order chi connectivity index (χ1) is 11.7. The zero-order valence-corrected chi connectivity index (χ0v) is 13.5. The molecule has 6 heteroatoms. The number of nitrogens with zero attached hydrogens (tertiary/aromatic N) is 2. The Bertz CT molecular complexity index is 691. The molecule has 0 radical (unpaired) electrons. The van der Waals surface area contributed by atoms with Gasteiger partial charge < -0.3 is 14.7 Å². The highest BCUT2D eigenvalue weighted by molar-refractivity contribution is 5.85. The van der Waals surface area contributed by atoms with Crippen molar-refractivity contribution in [2.45, 2.75) is 25.7 Å². The molecule has 2 aromatic rings. The Morgan fingerprint density at radius 3 is 2.62 bits per heavy atom. The average Bonchev–Trinajstić information content (AvgIpc) is 3.09. The number of hydrogen-bond donors (Lipinski definition) is 1. The minimum Gasteiger partial charge on any atom is -0.356 e. The van der Waals surface area contributed by atoms with Crippen LogP contribution in [-0.4, -0.2) is 41.5 Å². The molecule has 1 saturated heterocycles. The number of piperidine rings is 1. The first-order valence-electron chi connectivity index (χ1n) is 8.28. The summed E-state index contributed by atoms with van der Waals surface area (Å²) in [4.78, 5) is 25.8. The Hall–Kier alpha value is -2.63.